The van der Waals surface area contributed by atoms with Crippen molar-refractivity contribution in [2.24, 2.45) is 11.8 Å². The fraction of sp³-hybridized carbons (Fsp3) is 0.500. The Morgan fingerprint density at radius 2 is 1.56 bits per heavy atom. The molecule has 1 aromatic rings. The molecule has 0 atom stereocenters. The Morgan fingerprint density at radius 1 is 1.11 bits per heavy atom. The van der Waals surface area contributed by atoms with E-state index in [1.807, 2.05) is 12.1 Å². The smallest absolute Gasteiger partial charge is 0.306 e. The Labute approximate surface area is 118 Å². The molecule has 18 heavy (non-hydrogen) atoms. The number of rotatable bonds is 1. The first kappa shape index (κ1) is 15.3. The van der Waals surface area contributed by atoms with Gasteiger partial charge in [0.25, 0.3) is 0 Å². The number of carbonyl (C=O) groups is 1. The van der Waals surface area contributed by atoms with E-state index in [9.17, 15) is 4.79 Å². The summed E-state index contributed by atoms with van der Waals surface area (Å²) < 4.78 is 0. The lowest BCUT2D eigenvalue weighted by Gasteiger charge is -2.22. The molecule has 0 spiro atoms. The monoisotopic (exact) mass is 288 g/mol. The van der Waals surface area contributed by atoms with Gasteiger partial charge >= 0.3 is 5.97 Å². The Morgan fingerprint density at radius 3 is 1.89 bits per heavy atom. The van der Waals surface area contributed by atoms with E-state index in [2.05, 4.69) is 6.92 Å². The van der Waals surface area contributed by atoms with Crippen molar-refractivity contribution in [2.75, 3.05) is 0 Å². The van der Waals surface area contributed by atoms with Crippen LogP contribution in [0.2, 0.25) is 10.0 Å². The third-order valence-electron chi connectivity index (χ3n) is 3.19. The Hall–Kier alpha value is -0.730. The first-order chi connectivity index (χ1) is 8.50. The van der Waals surface area contributed by atoms with Gasteiger partial charge in [0.15, 0.2) is 0 Å². The van der Waals surface area contributed by atoms with Crippen molar-refractivity contribution in [1.29, 1.82) is 0 Å². The molecular formula is C14H18Cl2O2. The molecule has 0 aliphatic heterocycles. The van der Waals surface area contributed by atoms with Crippen LogP contribution in [0.3, 0.4) is 0 Å². The van der Waals surface area contributed by atoms with Crippen molar-refractivity contribution >= 4 is 29.2 Å². The average Bonchev–Trinajstić information content (AvgIpc) is 2.34. The van der Waals surface area contributed by atoms with Gasteiger partial charge in [-0.3, -0.25) is 4.79 Å². The Kier molecular flexibility index (Phi) is 6.51. The van der Waals surface area contributed by atoms with Crippen LogP contribution in [0.1, 0.15) is 32.6 Å². The molecule has 0 unspecified atom stereocenters. The second-order valence-corrected chi connectivity index (χ2v) is 5.52. The van der Waals surface area contributed by atoms with E-state index in [0.29, 0.717) is 10.0 Å². The third-order valence-corrected chi connectivity index (χ3v) is 3.95. The van der Waals surface area contributed by atoms with E-state index in [-0.39, 0.29) is 5.92 Å². The number of carboxylic acid groups (broad SMARTS) is 1. The number of hydrogen-bond donors (Lipinski definition) is 1. The van der Waals surface area contributed by atoms with Gasteiger partial charge in [0.2, 0.25) is 0 Å². The van der Waals surface area contributed by atoms with Crippen molar-refractivity contribution in [3.8, 4) is 0 Å². The molecule has 0 radical (unpaired) electrons. The highest BCUT2D eigenvalue weighted by Crippen LogP contribution is 2.28. The molecule has 100 valence electrons. The molecule has 1 fully saturated rings. The maximum absolute atomic E-state index is 10.5. The van der Waals surface area contributed by atoms with Crippen LogP contribution in [-0.2, 0) is 4.79 Å². The molecule has 0 saturated heterocycles. The highest BCUT2D eigenvalue weighted by Gasteiger charge is 2.23. The second kappa shape index (κ2) is 7.65. The van der Waals surface area contributed by atoms with Gasteiger partial charge in [-0.2, -0.15) is 0 Å². The molecule has 1 N–H and O–H groups in total. The summed E-state index contributed by atoms with van der Waals surface area (Å²) in [4.78, 5) is 10.5. The van der Waals surface area contributed by atoms with Gasteiger partial charge in [-0.1, -0.05) is 42.3 Å². The lowest BCUT2D eigenvalue weighted by Crippen LogP contribution is -2.19. The first-order valence-electron chi connectivity index (χ1n) is 6.13. The van der Waals surface area contributed by atoms with E-state index in [0.717, 1.165) is 31.6 Å². The highest BCUT2D eigenvalue weighted by molar-refractivity contribution is 6.41. The summed E-state index contributed by atoms with van der Waals surface area (Å²) in [5.74, 6) is 0.0960. The summed E-state index contributed by atoms with van der Waals surface area (Å²) >= 11 is 11.2. The maximum Gasteiger partial charge on any atom is 0.306 e. The summed E-state index contributed by atoms with van der Waals surface area (Å²) in [5.41, 5.74) is 0. The van der Waals surface area contributed by atoms with Crippen LogP contribution in [0.25, 0.3) is 0 Å². The molecule has 0 amide bonds. The summed E-state index contributed by atoms with van der Waals surface area (Å²) in [5, 5.41) is 9.84. The average molecular weight is 289 g/mol. The van der Waals surface area contributed by atoms with Crippen LogP contribution < -0.4 is 0 Å². The molecule has 2 rings (SSSR count). The normalized spacial score (nSPS) is 22.8. The number of carboxylic acids is 1. The summed E-state index contributed by atoms with van der Waals surface area (Å²) in [6.07, 6.45) is 3.96. The molecule has 1 saturated carbocycles. The van der Waals surface area contributed by atoms with Crippen molar-refractivity contribution < 1.29 is 9.90 Å². The molecule has 0 bridgehead atoms. The van der Waals surface area contributed by atoms with E-state index < -0.39 is 5.97 Å². The zero-order chi connectivity index (χ0) is 13.5. The van der Waals surface area contributed by atoms with Crippen LogP contribution in [-0.4, -0.2) is 11.1 Å². The maximum atomic E-state index is 10.5. The summed E-state index contributed by atoms with van der Waals surface area (Å²) in [7, 11) is 0. The Balaban J connectivity index is 0.000000184. The quantitative estimate of drug-likeness (QED) is 0.799. The number of hydrogen-bond acceptors (Lipinski definition) is 1. The van der Waals surface area contributed by atoms with E-state index >= 15 is 0 Å². The van der Waals surface area contributed by atoms with Crippen LogP contribution in [0.15, 0.2) is 24.3 Å². The molecule has 1 aliphatic rings. The molecule has 0 aromatic heterocycles. The minimum atomic E-state index is -0.605. The van der Waals surface area contributed by atoms with Crippen LogP contribution in [0, 0.1) is 11.8 Å². The lowest BCUT2D eigenvalue weighted by molar-refractivity contribution is -0.143. The van der Waals surface area contributed by atoms with Gasteiger partial charge in [-0.15, -0.1) is 0 Å². The molecule has 1 aliphatic carbocycles. The van der Waals surface area contributed by atoms with E-state index in [1.165, 1.54) is 0 Å². The largest absolute Gasteiger partial charge is 0.481 e. The fourth-order valence-electron chi connectivity index (χ4n) is 1.95. The van der Waals surface area contributed by atoms with Crippen molar-refractivity contribution in [3.05, 3.63) is 34.3 Å². The second-order valence-electron chi connectivity index (χ2n) is 4.71. The first-order valence-corrected chi connectivity index (χ1v) is 6.89. The number of benzene rings is 1. The van der Waals surface area contributed by atoms with Crippen LogP contribution in [0.4, 0.5) is 0 Å². The number of halogens is 2. The fourth-order valence-corrected chi connectivity index (χ4v) is 2.22. The van der Waals surface area contributed by atoms with Gasteiger partial charge in [0.1, 0.15) is 0 Å². The third kappa shape index (κ3) is 5.28. The molecule has 4 heteroatoms. The zero-order valence-electron chi connectivity index (χ0n) is 10.4. The minimum Gasteiger partial charge on any atom is -0.481 e. The molecule has 2 nitrogen and oxygen atoms in total. The zero-order valence-corrected chi connectivity index (χ0v) is 11.9. The van der Waals surface area contributed by atoms with Gasteiger partial charge < -0.3 is 5.11 Å². The standard InChI is InChI=1S/C8H14O2.C6H4Cl2/c1-6-2-4-7(5-3-6)8(9)10;7-5-3-1-2-4-6(5)8/h6-7H,2-5H2,1H3,(H,9,10);1-4H. The minimum absolute atomic E-state index is 0.0452. The SMILES string of the molecule is CC1CCC(C(=O)O)CC1.Clc1ccccc1Cl. The predicted octanol–water partition coefficient (Wildman–Crippen LogP) is 4.89. The van der Waals surface area contributed by atoms with Crippen molar-refractivity contribution in [3.63, 3.8) is 0 Å². The number of aliphatic carboxylic acids is 1. The van der Waals surface area contributed by atoms with E-state index in [4.69, 9.17) is 28.3 Å². The van der Waals surface area contributed by atoms with Crippen molar-refractivity contribution in [1.82, 2.24) is 0 Å². The summed E-state index contributed by atoms with van der Waals surface area (Å²) in [6.45, 7) is 2.19. The van der Waals surface area contributed by atoms with Crippen LogP contribution >= 0.6 is 23.2 Å². The topological polar surface area (TPSA) is 37.3 Å². The predicted molar refractivity (Wildman–Crippen MR) is 75.2 cm³/mol. The van der Waals surface area contributed by atoms with Gasteiger partial charge in [-0.25, -0.2) is 0 Å². The van der Waals surface area contributed by atoms with Gasteiger partial charge in [0.05, 0.1) is 16.0 Å². The Bertz CT molecular complexity index is 364. The molecular weight excluding hydrogens is 271 g/mol. The summed E-state index contributed by atoms with van der Waals surface area (Å²) in [6, 6.07) is 7.19. The van der Waals surface area contributed by atoms with Gasteiger partial charge in [0, 0.05) is 0 Å². The van der Waals surface area contributed by atoms with Crippen molar-refractivity contribution in [2.45, 2.75) is 32.6 Å². The van der Waals surface area contributed by atoms with Gasteiger partial charge in [-0.05, 0) is 43.7 Å². The van der Waals surface area contributed by atoms with Crippen LogP contribution in [0.5, 0.6) is 0 Å². The lowest BCUT2D eigenvalue weighted by atomic mass is 9.83. The highest BCUT2D eigenvalue weighted by atomic mass is 35.5. The molecule has 0 heterocycles. The van der Waals surface area contributed by atoms with E-state index in [1.54, 1.807) is 12.1 Å². The molecule has 1 aromatic carbocycles.